The van der Waals surface area contributed by atoms with E-state index in [1.165, 1.54) is 23.5 Å². The first-order valence-electron chi connectivity index (χ1n) is 13.4. The number of aryl methyl sites for hydroxylation is 1. The van der Waals surface area contributed by atoms with Crippen molar-refractivity contribution in [1.29, 1.82) is 0 Å². The minimum atomic E-state index is -0.471. The second-order valence-electron chi connectivity index (χ2n) is 11.0. The maximum atomic E-state index is 13.6. The molecule has 3 aliphatic rings. The molecular weight excluding hydrogens is 572 g/mol. The fraction of sp³-hybridized carbons (Fsp3) is 0.367. The quantitative estimate of drug-likeness (QED) is 0.378. The van der Waals surface area contributed by atoms with Crippen molar-refractivity contribution in [1.82, 2.24) is 15.1 Å². The number of rotatable bonds is 4. The van der Waals surface area contributed by atoms with Gasteiger partial charge < -0.3 is 15.1 Å². The van der Waals surface area contributed by atoms with Crippen LogP contribution in [0.3, 0.4) is 0 Å². The molecule has 10 heteroatoms. The third kappa shape index (κ3) is 5.13. The van der Waals surface area contributed by atoms with Crippen molar-refractivity contribution in [2.45, 2.75) is 38.1 Å². The molecule has 2 fully saturated rings. The van der Waals surface area contributed by atoms with Gasteiger partial charge in [0.1, 0.15) is 10.7 Å². The van der Waals surface area contributed by atoms with E-state index in [-0.39, 0.29) is 34.2 Å². The van der Waals surface area contributed by atoms with Crippen LogP contribution in [0.15, 0.2) is 47.8 Å². The molecule has 0 saturated carbocycles. The van der Waals surface area contributed by atoms with Crippen LogP contribution in [-0.4, -0.2) is 53.7 Å². The molecule has 1 atom stereocenters. The Morgan fingerprint density at radius 3 is 2.38 bits per heavy atom. The molecule has 6 rings (SSSR count). The molecule has 1 aromatic heterocycles. The van der Waals surface area contributed by atoms with Crippen molar-refractivity contribution in [3.8, 4) is 0 Å². The van der Waals surface area contributed by atoms with Crippen molar-refractivity contribution in [3.63, 3.8) is 0 Å². The smallest absolute Gasteiger partial charge is 0.263 e. The van der Waals surface area contributed by atoms with Crippen LogP contribution in [0.25, 0.3) is 0 Å². The summed E-state index contributed by atoms with van der Waals surface area (Å²) in [5.74, 6) is -0.856. The Bertz CT molecular complexity index is 1500. The van der Waals surface area contributed by atoms with Gasteiger partial charge in [-0.25, -0.2) is 4.39 Å². The normalized spacial score (nSPS) is 19.6. The second-order valence-corrected chi connectivity index (χ2v) is 12.7. The predicted octanol–water partition coefficient (Wildman–Crippen LogP) is 6.38. The van der Waals surface area contributed by atoms with E-state index in [2.05, 4.69) is 5.32 Å². The first-order chi connectivity index (χ1) is 19.2. The van der Waals surface area contributed by atoms with Crippen LogP contribution in [0, 0.1) is 11.2 Å². The molecule has 3 heterocycles. The number of piperidine rings is 1. The van der Waals surface area contributed by atoms with Gasteiger partial charge in [-0.2, -0.15) is 0 Å². The van der Waals surface area contributed by atoms with Gasteiger partial charge in [-0.3, -0.25) is 14.4 Å². The minimum Gasteiger partial charge on any atom is -0.344 e. The van der Waals surface area contributed by atoms with Gasteiger partial charge in [0, 0.05) is 31.7 Å². The van der Waals surface area contributed by atoms with E-state index in [1.54, 1.807) is 16.3 Å². The average molecular weight is 601 g/mol. The van der Waals surface area contributed by atoms with Crippen LogP contribution in [0.1, 0.15) is 73.2 Å². The molecule has 6 nitrogen and oxygen atoms in total. The van der Waals surface area contributed by atoms with E-state index >= 15 is 0 Å². The molecule has 2 aromatic carbocycles. The molecule has 1 spiro atoms. The van der Waals surface area contributed by atoms with Gasteiger partial charge in [0.2, 0.25) is 0 Å². The Kier molecular flexibility index (Phi) is 7.36. The largest absolute Gasteiger partial charge is 0.344 e. The molecule has 2 saturated heterocycles. The number of halogens is 3. The van der Waals surface area contributed by atoms with Crippen LogP contribution < -0.4 is 5.32 Å². The van der Waals surface area contributed by atoms with Gasteiger partial charge in [0.05, 0.1) is 21.7 Å². The minimum absolute atomic E-state index is 0.00504. The van der Waals surface area contributed by atoms with Gasteiger partial charge >= 0.3 is 0 Å². The molecule has 0 radical (unpaired) electrons. The van der Waals surface area contributed by atoms with E-state index < -0.39 is 5.82 Å². The molecule has 3 amide bonds. The van der Waals surface area contributed by atoms with E-state index in [0.29, 0.717) is 47.2 Å². The molecule has 208 valence electrons. The van der Waals surface area contributed by atoms with Crippen molar-refractivity contribution < 1.29 is 18.8 Å². The van der Waals surface area contributed by atoms with Crippen molar-refractivity contribution in [2.75, 3.05) is 26.2 Å². The zero-order valence-electron chi connectivity index (χ0n) is 21.7. The fourth-order valence-corrected chi connectivity index (χ4v) is 7.57. The highest BCUT2D eigenvalue weighted by Crippen LogP contribution is 2.42. The third-order valence-corrected chi connectivity index (χ3v) is 10.3. The number of amides is 3. The number of nitrogens with one attached hydrogen (secondary N) is 1. The predicted molar refractivity (Wildman–Crippen MR) is 154 cm³/mol. The standard InChI is InChI=1S/C30H28Cl2FN3O3S/c31-23-7-14-40-26(23)27(37)34-25-6-3-18-1-2-19(15-22(18)25)28(38)36-13-10-30(17-36)8-11-35(12-9-30)29(39)21-5-4-20(33)16-24(21)32/h1-2,4-5,7,14-16,25H,3,6,8-13,17H2,(H,34,37). The van der Waals surface area contributed by atoms with Crippen LogP contribution in [0.5, 0.6) is 0 Å². The lowest BCUT2D eigenvalue weighted by molar-refractivity contribution is 0.0565. The Morgan fingerprint density at radius 1 is 0.925 bits per heavy atom. The Balaban J connectivity index is 1.09. The summed E-state index contributed by atoms with van der Waals surface area (Å²) in [5.41, 5.74) is 3.06. The van der Waals surface area contributed by atoms with Crippen LogP contribution >= 0.6 is 34.5 Å². The number of fused-ring (bicyclic) bond motifs is 1. The molecular formula is C30H28Cl2FN3O3S. The summed E-state index contributed by atoms with van der Waals surface area (Å²) in [5, 5.41) is 5.45. The Hall–Kier alpha value is -2.94. The summed E-state index contributed by atoms with van der Waals surface area (Å²) in [6.07, 6.45) is 4.12. The van der Waals surface area contributed by atoms with Gasteiger partial charge in [0.15, 0.2) is 0 Å². The zero-order chi connectivity index (χ0) is 28.0. The number of nitrogens with zero attached hydrogens (tertiary/aromatic N) is 2. The molecule has 3 aromatic rings. The van der Waals surface area contributed by atoms with Crippen molar-refractivity contribution in [3.05, 3.63) is 90.8 Å². The zero-order valence-corrected chi connectivity index (χ0v) is 24.0. The molecule has 2 aliphatic heterocycles. The number of likely N-dealkylation sites (tertiary alicyclic amines) is 2. The van der Waals surface area contributed by atoms with E-state index in [1.807, 2.05) is 23.1 Å². The number of thiophene rings is 1. The number of carbonyl (C=O) groups is 3. The summed E-state index contributed by atoms with van der Waals surface area (Å²) in [6.45, 7) is 2.47. The van der Waals surface area contributed by atoms with Gasteiger partial charge in [0.25, 0.3) is 17.7 Å². The molecule has 1 aliphatic carbocycles. The van der Waals surface area contributed by atoms with Crippen LogP contribution in [0.2, 0.25) is 10.0 Å². The van der Waals surface area contributed by atoms with Gasteiger partial charge in [-0.15, -0.1) is 11.3 Å². The summed E-state index contributed by atoms with van der Waals surface area (Å²) in [4.78, 5) is 43.5. The summed E-state index contributed by atoms with van der Waals surface area (Å²) in [6, 6.07) is 11.2. The molecule has 1 N–H and O–H groups in total. The summed E-state index contributed by atoms with van der Waals surface area (Å²) in [7, 11) is 0. The number of benzene rings is 2. The Morgan fingerprint density at radius 2 is 1.68 bits per heavy atom. The van der Waals surface area contributed by atoms with Gasteiger partial charge in [-0.05, 0) is 90.4 Å². The monoisotopic (exact) mass is 599 g/mol. The molecule has 0 bridgehead atoms. The number of hydrogen-bond acceptors (Lipinski definition) is 4. The van der Waals surface area contributed by atoms with Crippen LogP contribution in [0.4, 0.5) is 4.39 Å². The maximum absolute atomic E-state index is 13.6. The average Bonchev–Trinajstić information content (AvgIpc) is 3.67. The fourth-order valence-electron chi connectivity index (χ4n) is 6.28. The van der Waals surface area contributed by atoms with E-state index in [0.717, 1.165) is 49.3 Å². The van der Waals surface area contributed by atoms with Gasteiger partial charge in [-0.1, -0.05) is 29.3 Å². The van der Waals surface area contributed by atoms with Crippen LogP contribution in [-0.2, 0) is 6.42 Å². The lowest BCUT2D eigenvalue weighted by Gasteiger charge is -2.39. The maximum Gasteiger partial charge on any atom is 0.263 e. The highest BCUT2D eigenvalue weighted by molar-refractivity contribution is 7.12. The summed E-state index contributed by atoms with van der Waals surface area (Å²) >= 11 is 13.6. The second kappa shape index (κ2) is 10.8. The highest BCUT2D eigenvalue weighted by Gasteiger charge is 2.43. The summed E-state index contributed by atoms with van der Waals surface area (Å²) < 4.78 is 13.4. The van der Waals surface area contributed by atoms with E-state index in [4.69, 9.17) is 23.2 Å². The topological polar surface area (TPSA) is 69.7 Å². The first-order valence-corrected chi connectivity index (χ1v) is 15.1. The number of carbonyl (C=O) groups excluding carboxylic acids is 3. The van der Waals surface area contributed by atoms with E-state index in [9.17, 15) is 18.8 Å². The van der Waals surface area contributed by atoms with Crippen molar-refractivity contribution in [2.24, 2.45) is 5.41 Å². The first kappa shape index (κ1) is 27.2. The highest BCUT2D eigenvalue weighted by atomic mass is 35.5. The SMILES string of the molecule is O=C(NC1CCc2ccc(C(=O)N3CCC4(CCN(C(=O)c5ccc(F)cc5Cl)CC4)C3)cc21)c1sccc1Cl. The Labute approximate surface area is 246 Å². The molecule has 1 unspecified atom stereocenters. The number of hydrogen-bond donors (Lipinski definition) is 1. The van der Waals surface area contributed by atoms with Crippen molar-refractivity contribution >= 4 is 52.3 Å². The lowest BCUT2D eigenvalue weighted by Crippen LogP contribution is -2.44. The molecule has 40 heavy (non-hydrogen) atoms. The lowest BCUT2D eigenvalue weighted by atomic mass is 9.77. The third-order valence-electron chi connectivity index (χ3n) is 8.60.